The molecular weight excluding hydrogens is 204 g/mol. The second kappa shape index (κ2) is 4.97. The predicted molar refractivity (Wildman–Crippen MR) is 56.2 cm³/mol. The first kappa shape index (κ1) is 11.0. The van der Waals surface area contributed by atoms with Crippen LogP contribution in [0.2, 0.25) is 5.02 Å². The maximum absolute atomic E-state index is 9.02. The van der Waals surface area contributed by atoms with Gasteiger partial charge in [0.25, 0.3) is 0 Å². The van der Waals surface area contributed by atoms with E-state index in [-0.39, 0.29) is 11.9 Å². The van der Waals surface area contributed by atoms with Crippen LogP contribution in [0.4, 0.5) is 11.6 Å². The van der Waals surface area contributed by atoms with Gasteiger partial charge in [0.15, 0.2) is 0 Å². The SMILES string of the molecule is CC(O)CCNc1ncnc(N)c1Cl. The second-order valence-corrected chi connectivity index (χ2v) is 3.36. The lowest BCUT2D eigenvalue weighted by atomic mass is 10.3. The number of nitrogens with zero attached hydrogens (tertiary/aromatic N) is 2. The quantitative estimate of drug-likeness (QED) is 0.696. The molecule has 6 heteroatoms. The second-order valence-electron chi connectivity index (χ2n) is 2.99. The molecule has 0 aliphatic carbocycles. The predicted octanol–water partition coefficient (Wildman–Crippen LogP) is 0.895. The number of rotatable bonds is 4. The first-order valence-corrected chi connectivity index (χ1v) is 4.67. The molecule has 1 heterocycles. The van der Waals surface area contributed by atoms with Gasteiger partial charge >= 0.3 is 0 Å². The van der Waals surface area contributed by atoms with E-state index in [1.165, 1.54) is 6.33 Å². The number of hydrogen-bond donors (Lipinski definition) is 3. The van der Waals surface area contributed by atoms with E-state index < -0.39 is 0 Å². The molecule has 0 aliphatic heterocycles. The molecule has 1 atom stereocenters. The van der Waals surface area contributed by atoms with Crippen molar-refractivity contribution in [2.45, 2.75) is 19.4 Å². The summed E-state index contributed by atoms with van der Waals surface area (Å²) in [6.45, 7) is 2.31. The van der Waals surface area contributed by atoms with Gasteiger partial charge < -0.3 is 16.2 Å². The monoisotopic (exact) mass is 216 g/mol. The molecule has 0 spiro atoms. The molecule has 78 valence electrons. The topological polar surface area (TPSA) is 84.1 Å². The summed E-state index contributed by atoms with van der Waals surface area (Å²) >= 11 is 5.83. The van der Waals surface area contributed by atoms with E-state index in [1.807, 2.05) is 0 Å². The molecule has 0 bridgehead atoms. The van der Waals surface area contributed by atoms with Gasteiger partial charge in [0, 0.05) is 6.54 Å². The molecule has 1 aromatic rings. The average molecular weight is 217 g/mol. The fourth-order valence-corrected chi connectivity index (χ4v) is 1.07. The first-order chi connectivity index (χ1) is 6.61. The van der Waals surface area contributed by atoms with Gasteiger partial charge in [-0.15, -0.1) is 0 Å². The van der Waals surface area contributed by atoms with Gasteiger partial charge in [-0.3, -0.25) is 0 Å². The summed E-state index contributed by atoms with van der Waals surface area (Å²) in [5.41, 5.74) is 5.48. The number of anilines is 2. The van der Waals surface area contributed by atoms with E-state index in [4.69, 9.17) is 22.4 Å². The number of aliphatic hydroxyl groups excluding tert-OH is 1. The van der Waals surface area contributed by atoms with Crippen molar-refractivity contribution in [2.75, 3.05) is 17.6 Å². The minimum atomic E-state index is -0.347. The lowest BCUT2D eigenvalue weighted by molar-refractivity contribution is 0.188. The van der Waals surface area contributed by atoms with Crippen molar-refractivity contribution in [3.05, 3.63) is 11.3 Å². The summed E-state index contributed by atoms with van der Waals surface area (Å²) in [5.74, 6) is 0.751. The Morgan fingerprint density at radius 2 is 2.36 bits per heavy atom. The molecule has 1 aromatic heterocycles. The van der Waals surface area contributed by atoms with Gasteiger partial charge in [0.05, 0.1) is 6.10 Å². The number of nitrogens with two attached hydrogens (primary N) is 1. The van der Waals surface area contributed by atoms with Crippen LogP contribution in [-0.4, -0.2) is 27.7 Å². The largest absolute Gasteiger partial charge is 0.393 e. The van der Waals surface area contributed by atoms with E-state index in [0.717, 1.165) is 0 Å². The van der Waals surface area contributed by atoms with E-state index in [1.54, 1.807) is 6.92 Å². The van der Waals surface area contributed by atoms with Crippen LogP contribution >= 0.6 is 11.6 Å². The van der Waals surface area contributed by atoms with Gasteiger partial charge in [-0.25, -0.2) is 9.97 Å². The lowest BCUT2D eigenvalue weighted by Crippen LogP contribution is -2.11. The van der Waals surface area contributed by atoms with Crippen molar-refractivity contribution < 1.29 is 5.11 Å². The summed E-state index contributed by atoms with van der Waals surface area (Å²) in [6, 6.07) is 0. The van der Waals surface area contributed by atoms with Gasteiger partial charge in [0.1, 0.15) is 23.0 Å². The smallest absolute Gasteiger partial charge is 0.150 e. The Hall–Kier alpha value is -1.07. The molecule has 1 unspecified atom stereocenters. The zero-order valence-electron chi connectivity index (χ0n) is 7.87. The van der Waals surface area contributed by atoms with Crippen molar-refractivity contribution >= 4 is 23.2 Å². The van der Waals surface area contributed by atoms with Crippen LogP contribution in [0.15, 0.2) is 6.33 Å². The molecule has 0 aromatic carbocycles. The zero-order valence-corrected chi connectivity index (χ0v) is 8.62. The Balaban J connectivity index is 2.54. The van der Waals surface area contributed by atoms with Gasteiger partial charge in [-0.05, 0) is 13.3 Å². The molecule has 14 heavy (non-hydrogen) atoms. The van der Waals surface area contributed by atoms with E-state index in [9.17, 15) is 0 Å². The number of aliphatic hydroxyl groups is 1. The molecule has 0 aliphatic rings. The highest BCUT2D eigenvalue weighted by molar-refractivity contribution is 6.35. The van der Waals surface area contributed by atoms with Crippen molar-refractivity contribution in [3.63, 3.8) is 0 Å². The summed E-state index contributed by atoms with van der Waals surface area (Å²) < 4.78 is 0. The highest BCUT2D eigenvalue weighted by Crippen LogP contribution is 2.22. The van der Waals surface area contributed by atoms with Gasteiger partial charge in [-0.2, -0.15) is 0 Å². The fraction of sp³-hybridized carbons (Fsp3) is 0.500. The third-order valence-corrected chi connectivity index (χ3v) is 2.04. The van der Waals surface area contributed by atoms with Crippen molar-refractivity contribution in [2.24, 2.45) is 0 Å². The Morgan fingerprint density at radius 3 is 3.00 bits per heavy atom. The third-order valence-electron chi connectivity index (χ3n) is 1.67. The fourth-order valence-electron chi connectivity index (χ4n) is 0.906. The van der Waals surface area contributed by atoms with Crippen LogP contribution < -0.4 is 11.1 Å². The third kappa shape index (κ3) is 3.01. The van der Waals surface area contributed by atoms with Crippen LogP contribution in [0.25, 0.3) is 0 Å². The Labute approximate surface area is 87.3 Å². The summed E-state index contributed by atoms with van der Waals surface area (Å²) in [7, 11) is 0. The summed E-state index contributed by atoms with van der Waals surface area (Å²) in [4.78, 5) is 7.65. The molecule has 1 rings (SSSR count). The van der Waals surface area contributed by atoms with Gasteiger partial charge in [-0.1, -0.05) is 11.6 Å². The number of hydrogen-bond acceptors (Lipinski definition) is 5. The highest BCUT2D eigenvalue weighted by atomic mass is 35.5. The van der Waals surface area contributed by atoms with Crippen molar-refractivity contribution in [1.82, 2.24) is 9.97 Å². The van der Waals surface area contributed by atoms with E-state index >= 15 is 0 Å². The van der Waals surface area contributed by atoms with Crippen molar-refractivity contribution in [3.8, 4) is 0 Å². The number of nitrogens with one attached hydrogen (secondary N) is 1. The maximum atomic E-state index is 9.02. The standard InChI is InChI=1S/C8H13ClN4O/c1-5(14)2-3-11-8-6(9)7(10)12-4-13-8/h4-5,14H,2-3H2,1H3,(H3,10,11,12,13). The molecule has 0 saturated heterocycles. The molecule has 0 amide bonds. The number of halogens is 1. The summed E-state index contributed by atoms with van der Waals surface area (Å²) in [5, 5.41) is 12.3. The van der Waals surface area contributed by atoms with Crippen LogP contribution in [-0.2, 0) is 0 Å². The maximum Gasteiger partial charge on any atom is 0.150 e. The number of nitrogen functional groups attached to an aromatic ring is 1. The Morgan fingerprint density at radius 1 is 1.64 bits per heavy atom. The lowest BCUT2D eigenvalue weighted by Gasteiger charge is -2.08. The normalized spacial score (nSPS) is 12.5. The van der Waals surface area contributed by atoms with Crippen molar-refractivity contribution in [1.29, 1.82) is 0 Å². The Kier molecular flexibility index (Phi) is 3.91. The van der Waals surface area contributed by atoms with E-state index in [2.05, 4.69) is 15.3 Å². The molecule has 0 saturated carbocycles. The first-order valence-electron chi connectivity index (χ1n) is 4.29. The molecular formula is C8H13ClN4O. The molecule has 4 N–H and O–H groups in total. The molecule has 0 fully saturated rings. The van der Waals surface area contributed by atoms with Gasteiger partial charge in [0.2, 0.25) is 0 Å². The number of aromatic nitrogens is 2. The molecule has 0 radical (unpaired) electrons. The van der Waals surface area contributed by atoms with Crippen LogP contribution in [0.5, 0.6) is 0 Å². The Bertz CT molecular complexity index is 305. The van der Waals surface area contributed by atoms with E-state index in [0.29, 0.717) is 23.8 Å². The molecule has 5 nitrogen and oxygen atoms in total. The van der Waals surface area contributed by atoms with Crippen LogP contribution in [0, 0.1) is 0 Å². The minimum absolute atomic E-state index is 0.251. The zero-order chi connectivity index (χ0) is 10.6. The van der Waals surface area contributed by atoms with Crippen LogP contribution in [0.3, 0.4) is 0 Å². The highest BCUT2D eigenvalue weighted by Gasteiger charge is 2.05. The average Bonchev–Trinajstić information content (AvgIpc) is 2.12. The minimum Gasteiger partial charge on any atom is -0.393 e. The van der Waals surface area contributed by atoms with Crippen LogP contribution in [0.1, 0.15) is 13.3 Å². The summed E-state index contributed by atoms with van der Waals surface area (Å²) in [6.07, 6.45) is 1.62.